The molecule has 3 aromatic heterocycles. The zero-order valence-electron chi connectivity index (χ0n) is 18.9. The van der Waals surface area contributed by atoms with Crippen LogP contribution in [0.15, 0.2) is 44.8 Å². The van der Waals surface area contributed by atoms with Crippen LogP contribution in [0.25, 0.3) is 28.2 Å². The fourth-order valence-corrected chi connectivity index (χ4v) is 5.01. The average Bonchev–Trinajstić information content (AvgIpc) is 3.33. The van der Waals surface area contributed by atoms with E-state index in [1.807, 2.05) is 20.8 Å². The molecule has 0 aliphatic carbocycles. The first-order valence-electron chi connectivity index (χ1n) is 10.2. The lowest BCUT2D eigenvalue weighted by Gasteiger charge is -2.22. The molecule has 3 heterocycles. The summed E-state index contributed by atoms with van der Waals surface area (Å²) in [6.45, 7) is 7.09. The van der Waals surface area contributed by atoms with E-state index in [1.54, 1.807) is 6.07 Å². The summed E-state index contributed by atoms with van der Waals surface area (Å²) in [4.78, 5) is 7.30. The van der Waals surface area contributed by atoms with Crippen molar-refractivity contribution in [1.29, 1.82) is 0 Å². The Morgan fingerprint density at radius 1 is 1.09 bits per heavy atom. The van der Waals surface area contributed by atoms with Gasteiger partial charge in [0.15, 0.2) is 26.1 Å². The summed E-state index contributed by atoms with van der Waals surface area (Å²) < 4.78 is 95.2. The number of nitrogens with zero attached hydrogens (tertiary/aromatic N) is 4. The Balaban J connectivity index is 1.99. The van der Waals surface area contributed by atoms with Crippen molar-refractivity contribution in [3.05, 3.63) is 30.5 Å². The van der Waals surface area contributed by atoms with Crippen molar-refractivity contribution < 1.29 is 34.4 Å². The summed E-state index contributed by atoms with van der Waals surface area (Å²) in [5, 5.41) is 7.04. The van der Waals surface area contributed by atoms with Gasteiger partial charge in [-0.1, -0.05) is 6.92 Å². The maximum absolute atomic E-state index is 13.0. The number of fused-ring (bicyclic) bond motifs is 2. The van der Waals surface area contributed by atoms with Gasteiger partial charge in [-0.05, 0) is 45.0 Å². The molecule has 4 rings (SSSR count). The molecule has 1 aromatic carbocycles. The van der Waals surface area contributed by atoms with Gasteiger partial charge in [-0.2, -0.15) is 22.8 Å². The van der Waals surface area contributed by atoms with Crippen molar-refractivity contribution in [3.63, 3.8) is 0 Å². The van der Waals surface area contributed by atoms with Crippen LogP contribution in [0.5, 0.6) is 0 Å². The number of aromatic nitrogens is 4. The molecule has 0 aliphatic heterocycles. The number of oxazole rings is 1. The Bertz CT molecular complexity index is 1670. The number of rotatable bonds is 5. The van der Waals surface area contributed by atoms with Crippen LogP contribution >= 0.6 is 0 Å². The smallest absolute Gasteiger partial charge is 0.436 e. The number of sulfone groups is 2. The first-order valence-corrected chi connectivity index (χ1v) is 13.3. The van der Waals surface area contributed by atoms with Crippen molar-refractivity contribution in [3.8, 4) is 11.5 Å². The van der Waals surface area contributed by atoms with Crippen molar-refractivity contribution in [2.24, 2.45) is 0 Å². The minimum absolute atomic E-state index is 0.0516. The van der Waals surface area contributed by atoms with Gasteiger partial charge < -0.3 is 9.73 Å². The van der Waals surface area contributed by atoms with Crippen LogP contribution in [0, 0.1) is 0 Å². The molecule has 0 amide bonds. The molecule has 0 atom stereocenters. The summed E-state index contributed by atoms with van der Waals surface area (Å²) in [6.07, 6.45) is 1.42. The van der Waals surface area contributed by atoms with Crippen molar-refractivity contribution in [2.45, 2.75) is 48.7 Å². The Morgan fingerprint density at radius 3 is 2.37 bits per heavy atom. The quantitative estimate of drug-likeness (QED) is 0.407. The normalized spacial score (nSPS) is 13.6. The highest BCUT2D eigenvalue weighted by atomic mass is 32.2. The van der Waals surface area contributed by atoms with Gasteiger partial charge >= 0.3 is 5.51 Å². The Kier molecular flexibility index (Phi) is 5.63. The summed E-state index contributed by atoms with van der Waals surface area (Å²) in [5.74, 6) is -0.167. The van der Waals surface area contributed by atoms with E-state index in [2.05, 4.69) is 20.4 Å². The second-order valence-corrected chi connectivity index (χ2v) is 12.8. The monoisotopic (exact) mass is 531 g/mol. The van der Waals surface area contributed by atoms with Gasteiger partial charge in [-0.15, -0.1) is 0 Å². The fourth-order valence-electron chi connectivity index (χ4n) is 3.26. The lowest BCUT2D eigenvalue weighted by molar-refractivity contribution is -0.0435. The molecule has 0 radical (unpaired) electrons. The molecule has 1 N–H and O–H groups in total. The van der Waals surface area contributed by atoms with Crippen molar-refractivity contribution in [2.75, 3.05) is 11.1 Å². The largest absolute Gasteiger partial charge is 0.501 e. The van der Waals surface area contributed by atoms with E-state index in [0.717, 1.165) is 12.1 Å². The van der Waals surface area contributed by atoms with Crippen LogP contribution < -0.4 is 5.32 Å². The highest BCUT2D eigenvalue weighted by Gasteiger charge is 2.47. The summed E-state index contributed by atoms with van der Waals surface area (Å²) in [7, 11) is -9.55. The van der Waals surface area contributed by atoms with E-state index in [4.69, 9.17) is 4.42 Å². The number of alkyl halides is 3. The Morgan fingerprint density at radius 2 is 1.77 bits per heavy atom. The highest BCUT2D eigenvalue weighted by Crippen LogP contribution is 2.36. The minimum Gasteiger partial charge on any atom is -0.436 e. The van der Waals surface area contributed by atoms with Gasteiger partial charge in [0.25, 0.3) is 9.84 Å². The third-order valence-electron chi connectivity index (χ3n) is 4.85. The molecule has 188 valence electrons. The third-order valence-corrected chi connectivity index (χ3v) is 7.97. The van der Waals surface area contributed by atoms with Gasteiger partial charge in [0.05, 0.1) is 10.6 Å². The molecule has 0 saturated carbocycles. The number of halogens is 3. The third kappa shape index (κ3) is 4.33. The summed E-state index contributed by atoms with van der Waals surface area (Å²) >= 11 is 0. The number of nitrogens with one attached hydrogen (secondary N) is 1. The van der Waals surface area contributed by atoms with Gasteiger partial charge in [0.2, 0.25) is 5.89 Å². The van der Waals surface area contributed by atoms with Crippen LogP contribution in [0.1, 0.15) is 27.7 Å². The standard InChI is InChI=1S/C20H20F3N5O5S2/c1-5-34(29,30)18-15(16-24-9-8-14(28(16)27-18)26-19(2,3)4)17-25-12-10-11(6-7-13(12)33-17)35(31,32)20(21,22)23/h6-10,26H,5H2,1-4H3. The van der Waals surface area contributed by atoms with E-state index in [-0.39, 0.29) is 39.0 Å². The average molecular weight is 532 g/mol. The molecule has 0 fully saturated rings. The molecule has 0 unspecified atom stereocenters. The molecule has 0 spiro atoms. The second-order valence-electron chi connectivity index (χ2n) is 8.62. The van der Waals surface area contributed by atoms with Gasteiger partial charge in [0, 0.05) is 11.7 Å². The van der Waals surface area contributed by atoms with Crippen LogP contribution in [-0.2, 0) is 19.7 Å². The highest BCUT2D eigenvalue weighted by molar-refractivity contribution is 7.92. The predicted octanol–water partition coefficient (Wildman–Crippen LogP) is 3.84. The SMILES string of the molecule is CCS(=O)(=O)c1nn2c(NC(C)(C)C)ccnc2c1-c1nc2cc(S(=O)(=O)C(F)(F)F)ccc2o1. The molecular weight excluding hydrogens is 511 g/mol. The van der Waals surface area contributed by atoms with Crippen LogP contribution in [-0.4, -0.2) is 53.2 Å². The van der Waals surface area contributed by atoms with E-state index >= 15 is 0 Å². The lowest BCUT2D eigenvalue weighted by Crippen LogP contribution is -2.27. The van der Waals surface area contributed by atoms with Crippen LogP contribution in [0.3, 0.4) is 0 Å². The van der Waals surface area contributed by atoms with E-state index < -0.39 is 35.6 Å². The zero-order chi connectivity index (χ0) is 26.0. The van der Waals surface area contributed by atoms with Gasteiger partial charge in [0.1, 0.15) is 16.9 Å². The second kappa shape index (κ2) is 7.91. The maximum atomic E-state index is 13.0. The first-order chi connectivity index (χ1) is 16.0. The van der Waals surface area contributed by atoms with Crippen LogP contribution in [0.4, 0.5) is 19.0 Å². The number of hydrogen-bond acceptors (Lipinski definition) is 9. The molecule has 0 bridgehead atoms. The molecule has 15 heteroatoms. The van der Waals surface area contributed by atoms with Crippen molar-refractivity contribution >= 4 is 42.2 Å². The van der Waals surface area contributed by atoms with Gasteiger partial charge in [-0.25, -0.2) is 26.8 Å². The summed E-state index contributed by atoms with van der Waals surface area (Å²) in [5.41, 5.74) is -6.21. The minimum atomic E-state index is -5.62. The molecule has 0 saturated heterocycles. The molecule has 0 aliphatic rings. The van der Waals surface area contributed by atoms with Gasteiger partial charge in [-0.3, -0.25) is 0 Å². The Labute approximate surface area is 198 Å². The van der Waals surface area contributed by atoms with Crippen LogP contribution in [0.2, 0.25) is 0 Å². The maximum Gasteiger partial charge on any atom is 0.501 e. The molecular formula is C20H20F3N5O5S2. The topological polar surface area (TPSA) is 137 Å². The zero-order valence-corrected chi connectivity index (χ0v) is 20.5. The molecule has 10 nitrogen and oxygen atoms in total. The first kappa shape index (κ1) is 24.9. The Hall–Kier alpha value is -3.20. The van der Waals surface area contributed by atoms with E-state index in [0.29, 0.717) is 11.9 Å². The fraction of sp³-hybridized carbons (Fsp3) is 0.350. The number of benzene rings is 1. The van der Waals surface area contributed by atoms with Crippen molar-refractivity contribution in [1.82, 2.24) is 19.6 Å². The molecule has 4 aromatic rings. The number of hydrogen-bond donors (Lipinski definition) is 1. The predicted molar refractivity (Wildman–Crippen MR) is 120 cm³/mol. The van der Waals surface area contributed by atoms with E-state index in [1.165, 1.54) is 17.6 Å². The summed E-state index contributed by atoms with van der Waals surface area (Å²) in [6, 6.07) is 4.07. The lowest BCUT2D eigenvalue weighted by atomic mass is 10.1. The van der Waals surface area contributed by atoms with E-state index in [9.17, 15) is 30.0 Å². The molecule has 35 heavy (non-hydrogen) atoms. The number of anilines is 1.